The number of benzene rings is 4. The van der Waals surface area contributed by atoms with E-state index in [1.807, 2.05) is 72.8 Å². The van der Waals surface area contributed by atoms with E-state index in [9.17, 15) is 9.59 Å². The van der Waals surface area contributed by atoms with Gasteiger partial charge in [0.25, 0.3) is 11.8 Å². The number of ether oxygens (including phenoxy) is 1. The van der Waals surface area contributed by atoms with Crippen LogP contribution in [0.3, 0.4) is 0 Å². The fraction of sp³-hybridized carbons (Fsp3) is 0.0345. The highest BCUT2D eigenvalue weighted by Crippen LogP contribution is 2.37. The smallest absolute Gasteiger partial charge is 0.262 e. The van der Waals surface area contributed by atoms with Crippen molar-refractivity contribution in [3.05, 3.63) is 130 Å². The Hall–Kier alpha value is -3.91. The van der Waals surface area contributed by atoms with Crippen molar-refractivity contribution < 1.29 is 14.3 Å². The van der Waals surface area contributed by atoms with E-state index in [0.29, 0.717) is 34.7 Å². The minimum Gasteiger partial charge on any atom is -0.487 e. The summed E-state index contributed by atoms with van der Waals surface area (Å²) in [5.74, 6) is 0.153. The number of nitrogens with zero attached hydrogens (tertiary/aromatic N) is 1. The average molecular weight is 572 g/mol. The Morgan fingerprint density at radius 3 is 2.06 bits per heavy atom. The quantitative estimate of drug-likeness (QED) is 0.229. The summed E-state index contributed by atoms with van der Waals surface area (Å²) in [6.45, 7) is 0.327. The molecule has 0 atom stereocenters. The molecule has 0 saturated carbocycles. The number of amides is 1. The van der Waals surface area contributed by atoms with Gasteiger partial charge >= 0.3 is 0 Å². The Morgan fingerprint density at radius 2 is 1.40 bits per heavy atom. The maximum absolute atomic E-state index is 13.3. The molecule has 0 unspecified atom stereocenters. The second-order valence-corrected chi connectivity index (χ2v) is 9.03. The van der Waals surface area contributed by atoms with E-state index in [-0.39, 0.29) is 11.8 Å². The third-order valence-electron chi connectivity index (χ3n) is 5.63. The van der Waals surface area contributed by atoms with E-state index < -0.39 is 0 Å². The van der Waals surface area contributed by atoms with E-state index in [2.05, 4.69) is 27.9 Å². The second kappa shape index (κ2) is 10.1. The molecule has 0 spiro atoms. The molecule has 0 aliphatic carbocycles. The highest BCUT2D eigenvalue weighted by Gasteiger charge is 2.20. The first kappa shape index (κ1) is 22.9. The molecule has 0 bridgehead atoms. The van der Waals surface area contributed by atoms with Gasteiger partial charge in [-0.15, -0.1) is 0 Å². The van der Waals surface area contributed by atoms with Crippen LogP contribution in [-0.2, 0) is 6.61 Å². The zero-order valence-corrected chi connectivity index (χ0v) is 20.8. The zero-order valence-electron chi connectivity index (χ0n) is 18.6. The van der Waals surface area contributed by atoms with Gasteiger partial charge in [-0.05, 0) is 58.5 Å². The molecule has 6 heteroatoms. The topological polar surface area (TPSA) is 60.3 Å². The van der Waals surface area contributed by atoms with Gasteiger partial charge in [-0.1, -0.05) is 66.7 Å². The van der Waals surface area contributed by atoms with Gasteiger partial charge < -0.3 is 10.1 Å². The van der Waals surface area contributed by atoms with Crippen molar-refractivity contribution in [1.82, 2.24) is 4.57 Å². The largest absolute Gasteiger partial charge is 0.487 e. The molecule has 4 aromatic carbocycles. The number of fused-ring (bicyclic) bond motifs is 1. The Morgan fingerprint density at radius 1 is 0.800 bits per heavy atom. The fourth-order valence-electron chi connectivity index (χ4n) is 3.88. The van der Waals surface area contributed by atoms with Crippen LogP contribution in [0.1, 0.15) is 26.3 Å². The number of hydrogen-bond acceptors (Lipinski definition) is 3. The lowest BCUT2D eigenvalue weighted by molar-refractivity contribution is 0.0963. The SMILES string of the molecule is O=C(Nc1cc(OCc2ccccc2)c2c(ccn2C(=O)c2ccccc2)c1I)c1ccccc1. The molecule has 1 heterocycles. The molecule has 0 aliphatic rings. The lowest BCUT2D eigenvalue weighted by Crippen LogP contribution is -2.14. The van der Waals surface area contributed by atoms with Gasteiger partial charge in [-0.2, -0.15) is 0 Å². The molecule has 0 fully saturated rings. The molecule has 1 amide bonds. The fourth-order valence-corrected chi connectivity index (χ4v) is 4.60. The molecule has 35 heavy (non-hydrogen) atoms. The summed E-state index contributed by atoms with van der Waals surface area (Å²) in [7, 11) is 0. The van der Waals surface area contributed by atoms with Crippen LogP contribution in [0.5, 0.6) is 5.75 Å². The predicted octanol–water partition coefficient (Wildman–Crippen LogP) is 6.77. The van der Waals surface area contributed by atoms with Crippen molar-refractivity contribution in [3.8, 4) is 5.75 Å². The number of rotatable bonds is 6. The Labute approximate surface area is 216 Å². The molecule has 5 rings (SSSR count). The minimum atomic E-state index is -0.211. The number of anilines is 1. The van der Waals surface area contributed by atoms with E-state index in [1.165, 1.54) is 0 Å². The first-order valence-electron chi connectivity index (χ1n) is 11.1. The third-order valence-corrected chi connectivity index (χ3v) is 6.79. The third kappa shape index (κ3) is 4.83. The lowest BCUT2D eigenvalue weighted by Gasteiger charge is -2.15. The van der Waals surface area contributed by atoms with Gasteiger partial charge in [0, 0.05) is 32.3 Å². The molecular weight excluding hydrogens is 551 g/mol. The van der Waals surface area contributed by atoms with Crippen molar-refractivity contribution in [2.24, 2.45) is 0 Å². The predicted molar refractivity (Wildman–Crippen MR) is 146 cm³/mol. The summed E-state index contributed by atoms with van der Waals surface area (Å²) in [6, 6.07) is 31.7. The molecule has 5 aromatic rings. The van der Waals surface area contributed by atoms with Crippen LogP contribution in [0, 0.1) is 3.57 Å². The van der Waals surface area contributed by atoms with E-state index >= 15 is 0 Å². The molecule has 1 aromatic heterocycles. The van der Waals surface area contributed by atoms with Crippen molar-refractivity contribution in [1.29, 1.82) is 0 Å². The van der Waals surface area contributed by atoms with Crippen LogP contribution in [-0.4, -0.2) is 16.4 Å². The molecule has 0 aliphatic heterocycles. The van der Waals surface area contributed by atoms with Gasteiger partial charge in [-0.3, -0.25) is 14.2 Å². The average Bonchev–Trinajstić information content (AvgIpc) is 3.36. The Bertz CT molecular complexity index is 1500. The number of carbonyl (C=O) groups is 2. The second-order valence-electron chi connectivity index (χ2n) is 7.95. The van der Waals surface area contributed by atoms with Gasteiger partial charge in [0.05, 0.1) is 11.2 Å². The molecule has 172 valence electrons. The maximum Gasteiger partial charge on any atom is 0.262 e. The lowest BCUT2D eigenvalue weighted by atomic mass is 10.1. The summed E-state index contributed by atoms with van der Waals surface area (Å²) in [5.41, 5.74) is 3.43. The summed E-state index contributed by atoms with van der Waals surface area (Å²) >= 11 is 2.20. The Kier molecular flexibility index (Phi) is 6.63. The summed E-state index contributed by atoms with van der Waals surface area (Å²) < 4.78 is 8.68. The Balaban J connectivity index is 1.58. The molecule has 1 N–H and O–H groups in total. The zero-order chi connectivity index (χ0) is 24.2. The molecule has 0 saturated heterocycles. The highest BCUT2D eigenvalue weighted by atomic mass is 127. The van der Waals surface area contributed by atoms with Crippen LogP contribution in [0.25, 0.3) is 10.9 Å². The maximum atomic E-state index is 13.3. The highest BCUT2D eigenvalue weighted by molar-refractivity contribution is 14.1. The van der Waals surface area contributed by atoms with Crippen LogP contribution in [0.2, 0.25) is 0 Å². The standard InChI is InChI=1S/C29H21IN2O3/c30-26-23-16-17-32(29(34)22-14-8-3-9-15-22)27(23)25(35-19-20-10-4-1-5-11-20)18-24(26)31-28(33)21-12-6-2-7-13-21/h1-18H,19H2,(H,31,33). The number of aromatic nitrogens is 1. The van der Waals surface area contributed by atoms with E-state index in [4.69, 9.17) is 4.74 Å². The number of nitrogens with one attached hydrogen (secondary N) is 1. The number of halogens is 1. The van der Waals surface area contributed by atoms with Gasteiger partial charge in [0.1, 0.15) is 12.4 Å². The van der Waals surface area contributed by atoms with Gasteiger partial charge in [-0.25, -0.2) is 0 Å². The van der Waals surface area contributed by atoms with Gasteiger partial charge in [0.2, 0.25) is 0 Å². The van der Waals surface area contributed by atoms with Crippen LogP contribution >= 0.6 is 22.6 Å². The molecular formula is C29H21IN2O3. The number of hydrogen-bond donors (Lipinski definition) is 1. The van der Waals surface area contributed by atoms with Crippen LogP contribution < -0.4 is 10.1 Å². The first-order chi connectivity index (χ1) is 17.1. The van der Waals surface area contributed by atoms with E-state index in [0.717, 1.165) is 14.5 Å². The molecule has 5 nitrogen and oxygen atoms in total. The first-order valence-corrected chi connectivity index (χ1v) is 12.2. The van der Waals surface area contributed by atoms with Crippen molar-refractivity contribution in [3.63, 3.8) is 0 Å². The van der Waals surface area contributed by atoms with Gasteiger partial charge in [0.15, 0.2) is 0 Å². The monoisotopic (exact) mass is 572 g/mol. The van der Waals surface area contributed by atoms with E-state index in [1.54, 1.807) is 41.1 Å². The van der Waals surface area contributed by atoms with Crippen molar-refractivity contribution >= 4 is 51.0 Å². The van der Waals surface area contributed by atoms with Crippen LogP contribution in [0.4, 0.5) is 5.69 Å². The minimum absolute atomic E-state index is 0.151. The summed E-state index contributed by atoms with van der Waals surface area (Å²) in [4.78, 5) is 26.2. The van der Waals surface area contributed by atoms with Crippen molar-refractivity contribution in [2.75, 3.05) is 5.32 Å². The normalized spacial score (nSPS) is 10.8. The van der Waals surface area contributed by atoms with Crippen LogP contribution in [0.15, 0.2) is 109 Å². The summed E-state index contributed by atoms with van der Waals surface area (Å²) in [6.07, 6.45) is 1.75. The van der Waals surface area contributed by atoms with Crippen molar-refractivity contribution in [2.45, 2.75) is 6.61 Å². The molecule has 0 radical (unpaired) electrons. The number of carbonyl (C=O) groups excluding carboxylic acids is 2. The summed E-state index contributed by atoms with van der Waals surface area (Å²) in [5, 5.41) is 3.83.